The third kappa shape index (κ3) is 2.13. The van der Waals surface area contributed by atoms with E-state index >= 15 is 0 Å². The second-order valence-corrected chi connectivity index (χ2v) is 5.39. The maximum absolute atomic E-state index is 12.3. The molecule has 0 radical (unpaired) electrons. The summed E-state index contributed by atoms with van der Waals surface area (Å²) in [5.41, 5.74) is 4.61. The van der Waals surface area contributed by atoms with E-state index in [1.54, 1.807) is 58.0 Å². The molecule has 0 saturated heterocycles. The largest absolute Gasteiger partial charge is 0.321 e. The van der Waals surface area contributed by atoms with E-state index in [4.69, 9.17) is 0 Å². The van der Waals surface area contributed by atoms with Crippen LogP contribution in [0.2, 0.25) is 0 Å². The molecular weight excluding hydrogens is 286 g/mol. The Labute approximate surface area is 123 Å². The number of benzene rings is 1. The molecule has 0 bridgehead atoms. The molecule has 1 amide bonds. The lowest BCUT2D eigenvalue weighted by atomic mass is 10.2. The molecular formula is C14H9N5OS. The van der Waals surface area contributed by atoms with Gasteiger partial charge in [0.2, 0.25) is 0 Å². The van der Waals surface area contributed by atoms with Gasteiger partial charge in [0.25, 0.3) is 5.91 Å². The first-order chi connectivity index (χ1) is 10.3. The standard InChI is InChI=1S/C14H9N5OS/c20-14(9-1-3-12-11(5-9)15-8-21-12)17-10-2-4-13-18-16-7-19(13)6-10/h1-8H,(H,17,20). The molecule has 102 valence electrons. The van der Waals surface area contributed by atoms with Crippen molar-refractivity contribution in [1.29, 1.82) is 0 Å². The van der Waals surface area contributed by atoms with E-state index < -0.39 is 0 Å². The maximum Gasteiger partial charge on any atom is 0.255 e. The Morgan fingerprint density at radius 2 is 2.19 bits per heavy atom. The van der Waals surface area contributed by atoms with Crippen molar-refractivity contribution in [3.8, 4) is 0 Å². The van der Waals surface area contributed by atoms with Gasteiger partial charge in [-0.15, -0.1) is 21.5 Å². The van der Waals surface area contributed by atoms with Crippen molar-refractivity contribution in [2.45, 2.75) is 0 Å². The summed E-state index contributed by atoms with van der Waals surface area (Å²) in [6.45, 7) is 0. The summed E-state index contributed by atoms with van der Waals surface area (Å²) in [6, 6.07) is 9.09. The van der Waals surface area contributed by atoms with Crippen LogP contribution >= 0.6 is 11.3 Å². The van der Waals surface area contributed by atoms with Gasteiger partial charge in [0.05, 0.1) is 21.4 Å². The Balaban J connectivity index is 1.64. The van der Waals surface area contributed by atoms with E-state index in [9.17, 15) is 4.79 Å². The van der Waals surface area contributed by atoms with Gasteiger partial charge in [-0.05, 0) is 30.3 Å². The molecule has 4 rings (SSSR count). The number of thiazole rings is 1. The Morgan fingerprint density at radius 1 is 1.24 bits per heavy atom. The van der Waals surface area contributed by atoms with Crippen molar-refractivity contribution in [3.05, 3.63) is 53.9 Å². The minimum absolute atomic E-state index is 0.169. The highest BCUT2D eigenvalue weighted by Crippen LogP contribution is 2.19. The van der Waals surface area contributed by atoms with Crippen LogP contribution in [0.3, 0.4) is 0 Å². The minimum Gasteiger partial charge on any atom is -0.321 e. The second kappa shape index (κ2) is 4.64. The fourth-order valence-electron chi connectivity index (χ4n) is 2.10. The van der Waals surface area contributed by atoms with Crippen LogP contribution in [0.4, 0.5) is 5.69 Å². The van der Waals surface area contributed by atoms with E-state index in [0.29, 0.717) is 11.3 Å². The zero-order valence-electron chi connectivity index (χ0n) is 10.7. The fraction of sp³-hybridized carbons (Fsp3) is 0. The second-order valence-electron chi connectivity index (χ2n) is 4.50. The molecule has 21 heavy (non-hydrogen) atoms. The predicted octanol–water partition coefficient (Wildman–Crippen LogP) is 2.59. The molecule has 7 heteroatoms. The molecule has 3 heterocycles. The monoisotopic (exact) mass is 295 g/mol. The zero-order valence-corrected chi connectivity index (χ0v) is 11.5. The van der Waals surface area contributed by atoms with Gasteiger partial charge in [-0.25, -0.2) is 4.98 Å². The predicted molar refractivity (Wildman–Crippen MR) is 80.6 cm³/mol. The maximum atomic E-state index is 12.3. The van der Waals surface area contributed by atoms with Crippen LogP contribution in [0.25, 0.3) is 15.9 Å². The summed E-state index contributed by atoms with van der Waals surface area (Å²) in [7, 11) is 0. The SMILES string of the molecule is O=C(Nc1ccc2nncn2c1)c1ccc2scnc2c1. The van der Waals surface area contributed by atoms with Gasteiger partial charge in [0, 0.05) is 11.8 Å². The van der Waals surface area contributed by atoms with Gasteiger partial charge in [0.1, 0.15) is 6.33 Å². The quantitative estimate of drug-likeness (QED) is 0.617. The van der Waals surface area contributed by atoms with Gasteiger partial charge in [-0.2, -0.15) is 0 Å². The highest BCUT2D eigenvalue weighted by molar-refractivity contribution is 7.16. The molecule has 0 spiro atoms. The van der Waals surface area contributed by atoms with Gasteiger partial charge < -0.3 is 5.32 Å². The molecule has 4 aromatic rings. The van der Waals surface area contributed by atoms with Crippen LogP contribution < -0.4 is 5.32 Å². The number of aromatic nitrogens is 4. The molecule has 1 N–H and O–H groups in total. The summed E-state index contributed by atoms with van der Waals surface area (Å²) in [6.07, 6.45) is 3.36. The van der Waals surface area contributed by atoms with Crippen LogP contribution in [0.1, 0.15) is 10.4 Å². The van der Waals surface area contributed by atoms with Gasteiger partial charge in [-0.1, -0.05) is 0 Å². The number of rotatable bonds is 2. The van der Waals surface area contributed by atoms with Crippen LogP contribution in [-0.2, 0) is 0 Å². The average molecular weight is 295 g/mol. The van der Waals surface area contributed by atoms with Crippen molar-refractivity contribution < 1.29 is 4.79 Å². The van der Waals surface area contributed by atoms with E-state index in [1.807, 2.05) is 6.07 Å². The molecule has 1 aromatic carbocycles. The van der Waals surface area contributed by atoms with Crippen molar-refractivity contribution in [1.82, 2.24) is 19.6 Å². The lowest BCUT2D eigenvalue weighted by Gasteiger charge is -2.05. The van der Waals surface area contributed by atoms with Crippen molar-refractivity contribution >= 4 is 38.8 Å². The number of nitrogens with one attached hydrogen (secondary N) is 1. The Morgan fingerprint density at radius 3 is 3.14 bits per heavy atom. The molecule has 0 unspecified atom stereocenters. The molecule has 3 aromatic heterocycles. The fourth-order valence-corrected chi connectivity index (χ4v) is 2.76. The zero-order chi connectivity index (χ0) is 14.2. The van der Waals surface area contributed by atoms with Crippen molar-refractivity contribution in [2.75, 3.05) is 5.32 Å². The van der Waals surface area contributed by atoms with Crippen LogP contribution in [-0.4, -0.2) is 25.5 Å². The van der Waals surface area contributed by atoms with Gasteiger partial charge in [-0.3, -0.25) is 9.20 Å². The lowest BCUT2D eigenvalue weighted by Crippen LogP contribution is -2.12. The molecule has 0 aliphatic carbocycles. The number of anilines is 1. The lowest BCUT2D eigenvalue weighted by molar-refractivity contribution is 0.102. The molecule has 0 aliphatic rings. The highest BCUT2D eigenvalue weighted by atomic mass is 32.1. The van der Waals surface area contributed by atoms with Crippen LogP contribution in [0.15, 0.2) is 48.4 Å². The van der Waals surface area contributed by atoms with E-state index in [2.05, 4.69) is 20.5 Å². The van der Waals surface area contributed by atoms with E-state index in [1.165, 1.54) is 0 Å². The number of carbonyl (C=O) groups excluding carboxylic acids is 1. The summed E-state index contributed by atoms with van der Waals surface area (Å²) in [5, 5.41) is 10.6. The smallest absolute Gasteiger partial charge is 0.255 e. The summed E-state index contributed by atoms with van der Waals surface area (Å²) < 4.78 is 2.82. The first-order valence-corrected chi connectivity index (χ1v) is 7.11. The summed E-state index contributed by atoms with van der Waals surface area (Å²) in [4.78, 5) is 16.5. The first-order valence-electron chi connectivity index (χ1n) is 6.23. The average Bonchev–Trinajstić information content (AvgIpc) is 3.14. The minimum atomic E-state index is -0.169. The van der Waals surface area contributed by atoms with Crippen molar-refractivity contribution in [3.63, 3.8) is 0 Å². The molecule has 0 fully saturated rings. The first kappa shape index (κ1) is 12.0. The number of carbonyl (C=O) groups is 1. The molecule has 0 aliphatic heterocycles. The Hall–Kier alpha value is -2.80. The molecule has 6 nitrogen and oxygen atoms in total. The third-order valence-corrected chi connectivity index (χ3v) is 3.95. The number of hydrogen-bond acceptors (Lipinski definition) is 5. The Kier molecular flexibility index (Phi) is 2.65. The normalized spacial score (nSPS) is 11.0. The number of hydrogen-bond donors (Lipinski definition) is 1. The van der Waals surface area contributed by atoms with Crippen LogP contribution in [0, 0.1) is 0 Å². The molecule has 0 atom stereocenters. The number of amides is 1. The highest BCUT2D eigenvalue weighted by Gasteiger charge is 2.08. The van der Waals surface area contributed by atoms with Gasteiger partial charge in [0.15, 0.2) is 5.65 Å². The molecule has 0 saturated carbocycles. The summed E-state index contributed by atoms with van der Waals surface area (Å²) >= 11 is 1.55. The van der Waals surface area contributed by atoms with E-state index in [0.717, 1.165) is 15.9 Å². The summed E-state index contributed by atoms with van der Waals surface area (Å²) in [5.74, 6) is -0.169. The van der Waals surface area contributed by atoms with Crippen molar-refractivity contribution in [2.24, 2.45) is 0 Å². The third-order valence-electron chi connectivity index (χ3n) is 3.14. The number of nitrogens with zero attached hydrogens (tertiary/aromatic N) is 4. The number of fused-ring (bicyclic) bond motifs is 2. The van der Waals surface area contributed by atoms with Crippen LogP contribution in [0.5, 0.6) is 0 Å². The topological polar surface area (TPSA) is 72.2 Å². The Bertz CT molecular complexity index is 958. The van der Waals surface area contributed by atoms with E-state index in [-0.39, 0.29) is 5.91 Å². The number of pyridine rings is 1. The van der Waals surface area contributed by atoms with Gasteiger partial charge >= 0.3 is 0 Å².